The third kappa shape index (κ3) is 2.98. The standard InChI is InChI=1S/C12H15BrN2O/c13-9-3-4-11(10(7-9)12(14)15)16-6-5-8-1-2-8/h3-4,7-8H,1-2,5-6H2,(H3,14,15). The van der Waals surface area contributed by atoms with Gasteiger partial charge in [-0.2, -0.15) is 0 Å². The van der Waals surface area contributed by atoms with Gasteiger partial charge in [0.05, 0.1) is 12.2 Å². The molecule has 0 aromatic heterocycles. The molecular formula is C12H15BrN2O. The van der Waals surface area contributed by atoms with Crippen LogP contribution >= 0.6 is 15.9 Å². The first-order valence-corrected chi connectivity index (χ1v) is 6.23. The molecule has 1 aliphatic carbocycles. The van der Waals surface area contributed by atoms with Gasteiger partial charge in [-0.05, 0) is 30.5 Å². The topological polar surface area (TPSA) is 59.1 Å². The Morgan fingerprint density at radius 1 is 1.50 bits per heavy atom. The Hall–Kier alpha value is -1.03. The maximum atomic E-state index is 7.48. The van der Waals surface area contributed by atoms with Gasteiger partial charge in [0.1, 0.15) is 11.6 Å². The Kier molecular flexibility index (Phi) is 3.49. The van der Waals surface area contributed by atoms with Crippen LogP contribution < -0.4 is 10.5 Å². The Balaban J connectivity index is 2.02. The van der Waals surface area contributed by atoms with E-state index in [0.717, 1.165) is 16.8 Å². The predicted molar refractivity (Wildman–Crippen MR) is 68.0 cm³/mol. The maximum Gasteiger partial charge on any atom is 0.130 e. The van der Waals surface area contributed by atoms with Gasteiger partial charge >= 0.3 is 0 Å². The molecule has 2 rings (SSSR count). The summed E-state index contributed by atoms with van der Waals surface area (Å²) < 4.78 is 6.57. The van der Waals surface area contributed by atoms with Crippen molar-refractivity contribution in [2.75, 3.05) is 6.61 Å². The monoisotopic (exact) mass is 282 g/mol. The van der Waals surface area contributed by atoms with E-state index in [9.17, 15) is 0 Å². The first-order valence-electron chi connectivity index (χ1n) is 5.43. The molecule has 1 saturated carbocycles. The van der Waals surface area contributed by atoms with Gasteiger partial charge in [0.15, 0.2) is 0 Å². The molecule has 0 saturated heterocycles. The summed E-state index contributed by atoms with van der Waals surface area (Å²) in [6, 6.07) is 5.57. The number of amidine groups is 1. The third-order valence-corrected chi connectivity index (χ3v) is 3.21. The number of rotatable bonds is 5. The van der Waals surface area contributed by atoms with Crippen molar-refractivity contribution < 1.29 is 4.74 Å². The highest BCUT2D eigenvalue weighted by Gasteiger charge is 2.21. The van der Waals surface area contributed by atoms with E-state index in [0.29, 0.717) is 17.9 Å². The summed E-state index contributed by atoms with van der Waals surface area (Å²) in [4.78, 5) is 0. The van der Waals surface area contributed by atoms with Gasteiger partial charge in [-0.25, -0.2) is 0 Å². The van der Waals surface area contributed by atoms with Gasteiger partial charge < -0.3 is 10.5 Å². The molecule has 0 unspecified atom stereocenters. The average Bonchev–Trinajstić information content (AvgIpc) is 3.04. The molecular weight excluding hydrogens is 268 g/mol. The van der Waals surface area contributed by atoms with E-state index in [4.69, 9.17) is 15.9 Å². The predicted octanol–water partition coefficient (Wildman–Crippen LogP) is 2.91. The van der Waals surface area contributed by atoms with Crippen molar-refractivity contribution in [2.45, 2.75) is 19.3 Å². The minimum Gasteiger partial charge on any atom is -0.493 e. The number of hydrogen-bond donors (Lipinski definition) is 2. The van der Waals surface area contributed by atoms with Crippen molar-refractivity contribution in [3.8, 4) is 5.75 Å². The van der Waals surface area contributed by atoms with Crippen LogP contribution in [-0.2, 0) is 0 Å². The molecule has 1 fully saturated rings. The molecule has 1 aromatic carbocycles. The van der Waals surface area contributed by atoms with E-state index >= 15 is 0 Å². The molecule has 0 radical (unpaired) electrons. The summed E-state index contributed by atoms with van der Waals surface area (Å²) in [7, 11) is 0. The van der Waals surface area contributed by atoms with Crippen molar-refractivity contribution in [3.63, 3.8) is 0 Å². The van der Waals surface area contributed by atoms with Crippen molar-refractivity contribution in [2.24, 2.45) is 11.7 Å². The first-order chi connectivity index (χ1) is 7.66. The van der Waals surface area contributed by atoms with Crippen LogP contribution in [0.4, 0.5) is 0 Å². The van der Waals surface area contributed by atoms with Gasteiger partial charge in [0.2, 0.25) is 0 Å². The Morgan fingerprint density at radius 3 is 2.88 bits per heavy atom. The number of halogens is 1. The quantitative estimate of drug-likeness (QED) is 0.644. The molecule has 0 atom stereocenters. The van der Waals surface area contributed by atoms with Crippen LogP contribution in [0, 0.1) is 11.3 Å². The maximum absolute atomic E-state index is 7.48. The van der Waals surface area contributed by atoms with E-state index < -0.39 is 0 Å². The van der Waals surface area contributed by atoms with Gasteiger partial charge in [0, 0.05) is 4.47 Å². The second kappa shape index (κ2) is 4.87. The Morgan fingerprint density at radius 2 is 2.25 bits per heavy atom. The molecule has 3 N–H and O–H groups in total. The van der Waals surface area contributed by atoms with Gasteiger partial charge in [-0.15, -0.1) is 0 Å². The Labute approximate surface area is 104 Å². The average molecular weight is 283 g/mol. The summed E-state index contributed by atoms with van der Waals surface area (Å²) >= 11 is 3.36. The number of nitrogen functional groups attached to an aromatic ring is 1. The first kappa shape index (κ1) is 11.5. The molecule has 0 heterocycles. The van der Waals surface area contributed by atoms with Crippen molar-refractivity contribution in [1.29, 1.82) is 5.41 Å². The highest BCUT2D eigenvalue weighted by Crippen LogP contribution is 2.32. The zero-order valence-corrected chi connectivity index (χ0v) is 10.6. The van der Waals surface area contributed by atoms with Crippen LogP contribution in [0.25, 0.3) is 0 Å². The smallest absolute Gasteiger partial charge is 0.130 e. The number of hydrogen-bond acceptors (Lipinski definition) is 2. The lowest BCUT2D eigenvalue weighted by Crippen LogP contribution is -2.13. The second-order valence-corrected chi connectivity index (χ2v) is 5.05. The van der Waals surface area contributed by atoms with E-state index in [1.165, 1.54) is 12.8 Å². The molecule has 86 valence electrons. The largest absolute Gasteiger partial charge is 0.493 e. The van der Waals surface area contributed by atoms with Crippen LogP contribution in [0.15, 0.2) is 22.7 Å². The van der Waals surface area contributed by atoms with Crippen molar-refractivity contribution >= 4 is 21.8 Å². The molecule has 0 bridgehead atoms. The summed E-state index contributed by atoms with van der Waals surface area (Å²) in [6.45, 7) is 0.715. The lowest BCUT2D eigenvalue weighted by molar-refractivity contribution is 0.302. The fourth-order valence-electron chi connectivity index (χ4n) is 1.58. The molecule has 3 nitrogen and oxygen atoms in total. The van der Waals surface area contributed by atoms with Crippen LogP contribution in [0.3, 0.4) is 0 Å². The molecule has 1 aliphatic rings. The third-order valence-electron chi connectivity index (χ3n) is 2.71. The van der Waals surface area contributed by atoms with E-state index in [1.807, 2.05) is 18.2 Å². The highest BCUT2D eigenvalue weighted by atomic mass is 79.9. The van der Waals surface area contributed by atoms with Crippen molar-refractivity contribution in [3.05, 3.63) is 28.2 Å². The fourth-order valence-corrected chi connectivity index (χ4v) is 1.94. The van der Waals surface area contributed by atoms with Crippen LogP contribution in [0.5, 0.6) is 5.75 Å². The number of benzene rings is 1. The second-order valence-electron chi connectivity index (χ2n) is 4.13. The lowest BCUT2D eigenvalue weighted by atomic mass is 10.2. The van der Waals surface area contributed by atoms with E-state index in [-0.39, 0.29) is 5.84 Å². The van der Waals surface area contributed by atoms with E-state index in [1.54, 1.807) is 0 Å². The minimum absolute atomic E-state index is 0.0442. The number of nitrogens with two attached hydrogens (primary N) is 1. The SMILES string of the molecule is N=C(N)c1cc(Br)ccc1OCCC1CC1. The molecule has 0 amide bonds. The molecule has 16 heavy (non-hydrogen) atoms. The molecule has 1 aromatic rings. The van der Waals surface area contributed by atoms with Crippen LogP contribution in [0.1, 0.15) is 24.8 Å². The minimum atomic E-state index is 0.0442. The fraction of sp³-hybridized carbons (Fsp3) is 0.417. The number of nitrogens with one attached hydrogen (secondary N) is 1. The van der Waals surface area contributed by atoms with Crippen LogP contribution in [0.2, 0.25) is 0 Å². The zero-order chi connectivity index (χ0) is 11.5. The molecule has 4 heteroatoms. The van der Waals surface area contributed by atoms with E-state index in [2.05, 4.69) is 15.9 Å². The van der Waals surface area contributed by atoms with Gasteiger partial charge in [-0.1, -0.05) is 28.8 Å². The summed E-state index contributed by atoms with van der Waals surface area (Å²) in [5, 5.41) is 7.48. The van der Waals surface area contributed by atoms with Crippen LogP contribution in [-0.4, -0.2) is 12.4 Å². The number of ether oxygens (including phenoxy) is 1. The van der Waals surface area contributed by atoms with Gasteiger partial charge in [0.25, 0.3) is 0 Å². The van der Waals surface area contributed by atoms with Gasteiger partial charge in [-0.3, -0.25) is 5.41 Å². The highest BCUT2D eigenvalue weighted by molar-refractivity contribution is 9.10. The lowest BCUT2D eigenvalue weighted by Gasteiger charge is -2.10. The molecule has 0 aliphatic heterocycles. The Bertz CT molecular complexity index is 402. The summed E-state index contributed by atoms with van der Waals surface area (Å²) in [6.07, 6.45) is 3.78. The summed E-state index contributed by atoms with van der Waals surface area (Å²) in [5.41, 5.74) is 6.17. The van der Waals surface area contributed by atoms with Crippen molar-refractivity contribution in [1.82, 2.24) is 0 Å². The zero-order valence-electron chi connectivity index (χ0n) is 9.00. The summed E-state index contributed by atoms with van der Waals surface area (Å²) in [5.74, 6) is 1.61. The normalized spacial score (nSPS) is 14.8. The molecule has 0 spiro atoms.